The molecule has 1 aliphatic rings. The Hall–Kier alpha value is -0.580. The fourth-order valence-corrected chi connectivity index (χ4v) is 3.78. The Bertz CT molecular complexity index is 525. The van der Waals surface area contributed by atoms with Gasteiger partial charge in [-0.25, -0.2) is 9.97 Å². The number of thiophene rings is 1. The molecule has 0 spiro atoms. The summed E-state index contributed by atoms with van der Waals surface area (Å²) < 4.78 is 0. The number of hydrogen-bond acceptors (Lipinski definition) is 4. The van der Waals surface area contributed by atoms with Crippen LogP contribution in [0.15, 0.2) is 21.9 Å². The van der Waals surface area contributed by atoms with E-state index in [0.717, 1.165) is 28.4 Å². The smallest absolute Gasteiger partial charge is 0.162 e. The minimum Gasteiger partial charge on any atom is -0.221 e. The molecule has 1 unspecified atom stereocenters. The molecule has 0 aromatic carbocycles. The number of nitrogens with zero attached hydrogens (tertiary/aromatic N) is 2. The van der Waals surface area contributed by atoms with Crippen LogP contribution >= 0.6 is 34.7 Å². The summed E-state index contributed by atoms with van der Waals surface area (Å²) in [4.78, 5) is 8.95. The molecule has 0 fully saturated rings. The van der Waals surface area contributed by atoms with Crippen molar-refractivity contribution in [2.75, 3.05) is 0 Å². The normalized spacial score (nSPS) is 18.8. The van der Waals surface area contributed by atoms with Crippen LogP contribution in [0.3, 0.4) is 0 Å². The lowest BCUT2D eigenvalue weighted by Crippen LogP contribution is -1.95. The molecule has 3 rings (SSSR count). The van der Waals surface area contributed by atoms with E-state index in [9.17, 15) is 0 Å². The van der Waals surface area contributed by atoms with Crippen molar-refractivity contribution < 1.29 is 0 Å². The van der Waals surface area contributed by atoms with Gasteiger partial charge in [0.1, 0.15) is 10.2 Å². The molecule has 0 saturated heterocycles. The molecule has 5 heteroatoms. The number of halogens is 1. The van der Waals surface area contributed by atoms with Gasteiger partial charge in [-0.1, -0.05) is 18.5 Å². The first kappa shape index (κ1) is 10.6. The quantitative estimate of drug-likeness (QED) is 0.734. The zero-order valence-electron chi connectivity index (χ0n) is 8.61. The Morgan fingerprint density at radius 1 is 1.44 bits per heavy atom. The van der Waals surface area contributed by atoms with Crippen LogP contribution in [0.25, 0.3) is 11.4 Å². The number of thioether (sulfide) groups is 1. The Kier molecular flexibility index (Phi) is 2.65. The highest BCUT2D eigenvalue weighted by molar-refractivity contribution is 8.00. The molecule has 2 nitrogen and oxygen atoms in total. The summed E-state index contributed by atoms with van der Waals surface area (Å²) in [5.41, 5.74) is 2.16. The minimum atomic E-state index is 0.555. The van der Waals surface area contributed by atoms with Gasteiger partial charge in [-0.05, 0) is 17.9 Å². The summed E-state index contributed by atoms with van der Waals surface area (Å²) in [6.07, 6.45) is 0.975. The number of rotatable bonds is 1. The predicted octanol–water partition coefficient (Wildman–Crippen LogP) is 3.90. The van der Waals surface area contributed by atoms with E-state index in [1.807, 2.05) is 16.8 Å². The van der Waals surface area contributed by atoms with Crippen LogP contribution in [0, 0.1) is 0 Å². The van der Waals surface area contributed by atoms with Crippen LogP contribution < -0.4 is 0 Å². The second-order valence-corrected chi connectivity index (χ2v) is 6.33. The first-order valence-corrected chi connectivity index (χ1v) is 7.19. The maximum absolute atomic E-state index is 6.20. The van der Waals surface area contributed by atoms with E-state index in [1.165, 1.54) is 0 Å². The second-order valence-electron chi connectivity index (χ2n) is 3.77. The monoisotopic (exact) mass is 268 g/mol. The zero-order chi connectivity index (χ0) is 11.1. The lowest BCUT2D eigenvalue weighted by Gasteiger charge is -2.02. The third kappa shape index (κ3) is 1.75. The van der Waals surface area contributed by atoms with E-state index in [-0.39, 0.29) is 0 Å². The van der Waals surface area contributed by atoms with E-state index in [1.54, 1.807) is 23.1 Å². The second kappa shape index (κ2) is 4.02. The highest BCUT2D eigenvalue weighted by Crippen LogP contribution is 2.39. The first-order valence-electron chi connectivity index (χ1n) is 4.99. The zero-order valence-corrected chi connectivity index (χ0v) is 11.0. The highest BCUT2D eigenvalue weighted by Gasteiger charge is 2.24. The van der Waals surface area contributed by atoms with Crippen molar-refractivity contribution in [2.45, 2.75) is 23.6 Å². The Balaban J connectivity index is 2.11. The largest absolute Gasteiger partial charge is 0.221 e. The van der Waals surface area contributed by atoms with Crippen molar-refractivity contribution in [2.24, 2.45) is 0 Å². The Morgan fingerprint density at radius 3 is 3.06 bits per heavy atom. The molecule has 0 N–H and O–H groups in total. The van der Waals surface area contributed by atoms with Gasteiger partial charge in [0.25, 0.3) is 0 Å². The van der Waals surface area contributed by atoms with Crippen LogP contribution in [-0.4, -0.2) is 15.2 Å². The van der Waals surface area contributed by atoms with Gasteiger partial charge in [0, 0.05) is 21.8 Å². The van der Waals surface area contributed by atoms with Gasteiger partial charge in [-0.2, -0.15) is 11.3 Å². The Morgan fingerprint density at radius 2 is 2.31 bits per heavy atom. The molecule has 82 valence electrons. The molecular formula is C11H9ClN2S2. The molecule has 0 aliphatic carbocycles. The van der Waals surface area contributed by atoms with Crippen LogP contribution in [0.4, 0.5) is 0 Å². The molecule has 0 amide bonds. The van der Waals surface area contributed by atoms with Crippen molar-refractivity contribution >= 4 is 34.7 Å². The van der Waals surface area contributed by atoms with Gasteiger partial charge in [0.15, 0.2) is 5.82 Å². The van der Waals surface area contributed by atoms with E-state index in [2.05, 4.69) is 16.9 Å². The average molecular weight is 269 g/mol. The van der Waals surface area contributed by atoms with Gasteiger partial charge < -0.3 is 0 Å². The lowest BCUT2D eigenvalue weighted by atomic mass is 10.2. The maximum atomic E-state index is 6.20. The molecule has 16 heavy (non-hydrogen) atoms. The van der Waals surface area contributed by atoms with Crippen molar-refractivity contribution in [1.29, 1.82) is 0 Å². The number of aromatic nitrogens is 2. The van der Waals surface area contributed by atoms with Crippen LogP contribution in [-0.2, 0) is 6.42 Å². The summed E-state index contributed by atoms with van der Waals surface area (Å²) in [7, 11) is 0. The van der Waals surface area contributed by atoms with Crippen molar-refractivity contribution in [3.8, 4) is 11.4 Å². The van der Waals surface area contributed by atoms with Gasteiger partial charge in [-0.15, -0.1) is 11.8 Å². The van der Waals surface area contributed by atoms with Gasteiger partial charge in [0.2, 0.25) is 0 Å². The van der Waals surface area contributed by atoms with Crippen LogP contribution in [0.2, 0.25) is 5.15 Å². The maximum Gasteiger partial charge on any atom is 0.162 e. The topological polar surface area (TPSA) is 25.8 Å². The molecule has 0 bridgehead atoms. The summed E-state index contributed by atoms with van der Waals surface area (Å²) in [5.74, 6) is 0.742. The van der Waals surface area contributed by atoms with Crippen molar-refractivity contribution in [3.05, 3.63) is 27.5 Å². The molecule has 3 heterocycles. The lowest BCUT2D eigenvalue weighted by molar-refractivity contribution is 0.923. The fraction of sp³-hybridized carbons (Fsp3) is 0.273. The van der Waals surface area contributed by atoms with Crippen molar-refractivity contribution in [3.63, 3.8) is 0 Å². The summed E-state index contributed by atoms with van der Waals surface area (Å²) in [6, 6.07) is 2.02. The predicted molar refractivity (Wildman–Crippen MR) is 69.4 cm³/mol. The van der Waals surface area contributed by atoms with Crippen molar-refractivity contribution in [1.82, 2.24) is 9.97 Å². The summed E-state index contributed by atoms with van der Waals surface area (Å²) >= 11 is 9.62. The number of fused-ring (bicyclic) bond motifs is 1. The van der Waals surface area contributed by atoms with Crippen LogP contribution in [0.1, 0.15) is 12.5 Å². The molecule has 2 aromatic rings. The summed E-state index contributed by atoms with van der Waals surface area (Å²) in [6.45, 7) is 2.19. The standard InChI is InChI=1S/C11H9ClN2S2/c1-6-4-8-9(12)13-10(14-11(8)16-6)7-2-3-15-5-7/h2-3,5-6H,4H2,1H3. The average Bonchev–Trinajstić information content (AvgIpc) is 2.84. The van der Waals surface area contributed by atoms with Gasteiger partial charge in [-0.3, -0.25) is 0 Å². The van der Waals surface area contributed by atoms with Gasteiger partial charge >= 0.3 is 0 Å². The molecule has 0 saturated carbocycles. The van der Waals surface area contributed by atoms with E-state index >= 15 is 0 Å². The summed E-state index contributed by atoms with van der Waals surface area (Å²) in [5, 5.41) is 6.28. The van der Waals surface area contributed by atoms with E-state index in [0.29, 0.717) is 10.4 Å². The molecule has 2 aromatic heterocycles. The Labute approximate surface area is 107 Å². The SMILES string of the molecule is CC1Cc2c(Cl)nc(-c3ccsc3)nc2S1. The molecular weight excluding hydrogens is 260 g/mol. The van der Waals surface area contributed by atoms with Crippen LogP contribution in [0.5, 0.6) is 0 Å². The fourth-order valence-electron chi connectivity index (χ4n) is 1.75. The third-order valence-corrected chi connectivity index (χ3v) is 4.63. The van der Waals surface area contributed by atoms with E-state index < -0.39 is 0 Å². The molecule has 0 radical (unpaired) electrons. The van der Waals surface area contributed by atoms with E-state index in [4.69, 9.17) is 11.6 Å². The minimum absolute atomic E-state index is 0.555. The highest BCUT2D eigenvalue weighted by atomic mass is 35.5. The number of hydrogen-bond donors (Lipinski definition) is 0. The molecule has 1 atom stereocenters. The van der Waals surface area contributed by atoms with Gasteiger partial charge in [0.05, 0.1) is 0 Å². The first-order chi connectivity index (χ1) is 7.74. The third-order valence-electron chi connectivity index (χ3n) is 2.50. The molecule has 1 aliphatic heterocycles.